The van der Waals surface area contributed by atoms with Gasteiger partial charge in [0.05, 0.1) is 29.9 Å². The third-order valence-electron chi connectivity index (χ3n) is 3.38. The minimum Gasteiger partial charge on any atom is -0.394 e. The molecule has 0 amide bonds. The molecular formula is C15H13BrClN3O. The number of nitrogens with zero attached hydrogens (tertiary/aromatic N) is 2. The number of rotatable bonds is 2. The number of hydrogen-bond acceptors (Lipinski definition) is 4. The van der Waals surface area contributed by atoms with E-state index in [9.17, 15) is 5.11 Å². The maximum absolute atomic E-state index is 9.83. The van der Waals surface area contributed by atoms with Gasteiger partial charge in [0.1, 0.15) is 9.83 Å². The summed E-state index contributed by atoms with van der Waals surface area (Å²) in [6, 6.07) is 11.4. The van der Waals surface area contributed by atoms with E-state index < -0.39 is 9.83 Å². The Kier molecular flexibility index (Phi) is 3.97. The number of nitrogens with one attached hydrogen (secondary N) is 1. The molecule has 0 aliphatic carbocycles. The lowest BCUT2D eigenvalue weighted by Gasteiger charge is -2.38. The Hall–Kier alpha value is -1.43. The molecule has 0 fully saturated rings. The van der Waals surface area contributed by atoms with E-state index in [1.165, 1.54) is 0 Å². The fraction of sp³-hybridized carbons (Fsp3) is 0.200. The highest BCUT2D eigenvalue weighted by Crippen LogP contribution is 2.39. The molecule has 0 spiro atoms. The zero-order valence-electron chi connectivity index (χ0n) is 11.0. The quantitative estimate of drug-likeness (QED) is 0.633. The molecule has 0 saturated carbocycles. The number of fused-ring (bicyclic) bond motifs is 1. The van der Waals surface area contributed by atoms with E-state index in [0.717, 1.165) is 16.9 Å². The molecule has 2 aromatic rings. The molecule has 1 aliphatic heterocycles. The number of para-hydroxylation sites is 1. The summed E-state index contributed by atoms with van der Waals surface area (Å²) in [6.45, 7) is -0.179. The number of pyridine rings is 1. The molecule has 1 aliphatic rings. The van der Waals surface area contributed by atoms with Crippen molar-refractivity contribution in [1.29, 1.82) is 0 Å². The normalized spacial score (nSPS) is 26.2. The molecule has 108 valence electrons. The van der Waals surface area contributed by atoms with Crippen molar-refractivity contribution in [3.8, 4) is 0 Å². The van der Waals surface area contributed by atoms with Gasteiger partial charge in [-0.05, 0) is 18.2 Å². The van der Waals surface area contributed by atoms with Crippen LogP contribution in [0.4, 0.5) is 11.4 Å². The number of aliphatic imine (C=N–C) groups is 1. The molecule has 6 heteroatoms. The van der Waals surface area contributed by atoms with Gasteiger partial charge in [-0.25, -0.2) is 0 Å². The van der Waals surface area contributed by atoms with Crippen LogP contribution in [-0.2, 0) is 0 Å². The first-order chi connectivity index (χ1) is 10.1. The van der Waals surface area contributed by atoms with Crippen molar-refractivity contribution in [1.82, 2.24) is 4.98 Å². The molecule has 4 nitrogen and oxygen atoms in total. The van der Waals surface area contributed by atoms with Crippen molar-refractivity contribution in [2.24, 2.45) is 4.99 Å². The van der Waals surface area contributed by atoms with Gasteiger partial charge in [-0.15, -0.1) is 0 Å². The predicted octanol–water partition coefficient (Wildman–Crippen LogP) is 3.32. The highest BCUT2D eigenvalue weighted by molar-refractivity contribution is 9.10. The molecule has 1 aromatic carbocycles. The van der Waals surface area contributed by atoms with E-state index in [1.807, 2.05) is 36.4 Å². The third-order valence-corrected chi connectivity index (χ3v) is 5.21. The van der Waals surface area contributed by atoms with Gasteiger partial charge in [0, 0.05) is 11.8 Å². The Morgan fingerprint density at radius 3 is 2.81 bits per heavy atom. The fourth-order valence-corrected chi connectivity index (χ4v) is 2.96. The van der Waals surface area contributed by atoms with E-state index >= 15 is 0 Å². The van der Waals surface area contributed by atoms with Crippen molar-refractivity contribution in [2.45, 2.75) is 9.83 Å². The molecule has 2 heterocycles. The van der Waals surface area contributed by atoms with Gasteiger partial charge in [-0.3, -0.25) is 9.98 Å². The second-order valence-electron chi connectivity index (χ2n) is 4.74. The van der Waals surface area contributed by atoms with Crippen LogP contribution in [-0.4, -0.2) is 32.2 Å². The van der Waals surface area contributed by atoms with Gasteiger partial charge < -0.3 is 10.4 Å². The first-order valence-corrected chi connectivity index (χ1v) is 7.67. The molecule has 2 N–H and O–H groups in total. The molecule has 1 aromatic heterocycles. The summed E-state index contributed by atoms with van der Waals surface area (Å²) in [5.41, 5.74) is 2.62. The average molecular weight is 367 g/mol. The molecule has 0 radical (unpaired) electrons. The Bertz CT molecular complexity index is 680. The molecule has 0 bridgehead atoms. The number of aromatic nitrogens is 1. The average Bonchev–Trinajstić information content (AvgIpc) is 2.53. The molecule has 2 unspecified atom stereocenters. The smallest absolute Gasteiger partial charge is 0.125 e. The number of halogens is 2. The van der Waals surface area contributed by atoms with Gasteiger partial charge in [0.25, 0.3) is 0 Å². The van der Waals surface area contributed by atoms with Gasteiger partial charge in [0.2, 0.25) is 0 Å². The fourth-order valence-electron chi connectivity index (χ4n) is 2.25. The second-order valence-corrected chi connectivity index (χ2v) is 6.60. The van der Waals surface area contributed by atoms with E-state index in [2.05, 4.69) is 26.2 Å². The number of aliphatic hydroxyl groups is 1. The SMILES string of the molecule is OCC1(Br)C(=Nc2ccccc2)c2ccncc2NC1Cl. The van der Waals surface area contributed by atoms with Crippen molar-refractivity contribution in [3.63, 3.8) is 0 Å². The highest BCUT2D eigenvalue weighted by atomic mass is 79.9. The van der Waals surface area contributed by atoms with Crippen LogP contribution in [0.3, 0.4) is 0 Å². The third kappa shape index (κ3) is 2.57. The lowest BCUT2D eigenvalue weighted by Crippen LogP contribution is -2.51. The number of alkyl halides is 2. The van der Waals surface area contributed by atoms with Crippen molar-refractivity contribution >= 4 is 44.6 Å². The van der Waals surface area contributed by atoms with Gasteiger partial charge >= 0.3 is 0 Å². The lowest BCUT2D eigenvalue weighted by atomic mass is 9.92. The molecular weight excluding hydrogens is 354 g/mol. The van der Waals surface area contributed by atoms with E-state index in [1.54, 1.807) is 12.4 Å². The van der Waals surface area contributed by atoms with Gasteiger partial charge in [0.15, 0.2) is 0 Å². The first-order valence-electron chi connectivity index (χ1n) is 6.44. The van der Waals surface area contributed by atoms with Crippen molar-refractivity contribution in [3.05, 3.63) is 54.4 Å². The summed E-state index contributed by atoms with van der Waals surface area (Å²) >= 11 is 9.94. The van der Waals surface area contributed by atoms with Crippen molar-refractivity contribution in [2.75, 3.05) is 11.9 Å². The Morgan fingerprint density at radius 1 is 1.33 bits per heavy atom. The van der Waals surface area contributed by atoms with E-state index in [-0.39, 0.29) is 6.61 Å². The monoisotopic (exact) mass is 365 g/mol. The maximum Gasteiger partial charge on any atom is 0.125 e. The largest absolute Gasteiger partial charge is 0.394 e. The summed E-state index contributed by atoms with van der Waals surface area (Å²) in [7, 11) is 0. The Labute approximate surface area is 136 Å². The Morgan fingerprint density at radius 2 is 2.10 bits per heavy atom. The minimum atomic E-state index is -0.862. The topological polar surface area (TPSA) is 57.5 Å². The molecule has 3 rings (SSSR count). The highest BCUT2D eigenvalue weighted by Gasteiger charge is 2.45. The second kappa shape index (κ2) is 5.75. The summed E-state index contributed by atoms with van der Waals surface area (Å²) in [4.78, 5) is 8.78. The van der Waals surface area contributed by atoms with Crippen LogP contribution in [0.5, 0.6) is 0 Å². The standard InChI is InChI=1S/C15H13BrClN3O/c16-15(9-21)13(19-10-4-2-1-3-5-10)11-6-7-18-8-12(11)20-14(15)17/h1-8,14,20-21H,9H2. The molecule has 21 heavy (non-hydrogen) atoms. The summed E-state index contributed by atoms with van der Waals surface area (Å²) in [5.74, 6) is 0. The Balaban J connectivity index is 2.20. The van der Waals surface area contributed by atoms with Crippen LogP contribution in [0, 0.1) is 0 Å². The van der Waals surface area contributed by atoms with E-state index in [4.69, 9.17) is 16.6 Å². The lowest BCUT2D eigenvalue weighted by molar-refractivity contribution is 0.278. The van der Waals surface area contributed by atoms with Crippen molar-refractivity contribution < 1.29 is 5.11 Å². The van der Waals surface area contributed by atoms with Gasteiger partial charge in [-0.1, -0.05) is 45.7 Å². The molecule has 0 saturated heterocycles. The summed E-state index contributed by atoms with van der Waals surface area (Å²) in [5, 5.41) is 13.0. The number of aliphatic hydroxyl groups excluding tert-OH is 1. The zero-order valence-corrected chi connectivity index (χ0v) is 13.3. The first kappa shape index (κ1) is 14.5. The van der Waals surface area contributed by atoms with Crippen LogP contribution >= 0.6 is 27.5 Å². The van der Waals surface area contributed by atoms with E-state index in [0.29, 0.717) is 5.71 Å². The number of anilines is 1. The zero-order chi connectivity index (χ0) is 14.9. The minimum absolute atomic E-state index is 0.179. The number of benzene rings is 1. The van der Waals surface area contributed by atoms with Crippen LogP contribution < -0.4 is 5.32 Å². The van der Waals surface area contributed by atoms with Crippen LogP contribution in [0.15, 0.2) is 53.8 Å². The summed E-state index contributed by atoms with van der Waals surface area (Å²) < 4.78 is -0.862. The van der Waals surface area contributed by atoms with Gasteiger partial charge in [-0.2, -0.15) is 0 Å². The number of hydrogen-bond donors (Lipinski definition) is 2. The molecule has 2 atom stereocenters. The van der Waals surface area contributed by atoms with Crippen LogP contribution in [0.2, 0.25) is 0 Å². The van der Waals surface area contributed by atoms with Crippen LogP contribution in [0.25, 0.3) is 0 Å². The van der Waals surface area contributed by atoms with Crippen LogP contribution in [0.1, 0.15) is 5.56 Å². The summed E-state index contributed by atoms with van der Waals surface area (Å²) in [6.07, 6.45) is 3.40. The predicted molar refractivity (Wildman–Crippen MR) is 88.9 cm³/mol. The maximum atomic E-state index is 9.83.